The van der Waals surface area contributed by atoms with E-state index in [2.05, 4.69) is 0 Å². The molecule has 0 aliphatic heterocycles. The minimum absolute atomic E-state index is 0.169. The van der Waals surface area contributed by atoms with E-state index in [9.17, 15) is 0 Å². The van der Waals surface area contributed by atoms with Crippen LogP contribution in [0.15, 0.2) is 41.0 Å². The van der Waals surface area contributed by atoms with Gasteiger partial charge in [-0.3, -0.25) is 0 Å². The molecule has 0 fully saturated rings. The highest BCUT2D eigenvalue weighted by molar-refractivity contribution is 5.42. The van der Waals surface area contributed by atoms with Gasteiger partial charge in [0.15, 0.2) is 0 Å². The summed E-state index contributed by atoms with van der Waals surface area (Å²) in [6.07, 6.45) is 2.28. The third-order valence-electron chi connectivity index (χ3n) is 2.84. The molecule has 4 nitrogen and oxygen atoms in total. The minimum Gasteiger partial charge on any atom is -0.497 e. The van der Waals surface area contributed by atoms with E-state index in [1.807, 2.05) is 30.3 Å². The Kier molecular flexibility index (Phi) is 3.89. The summed E-state index contributed by atoms with van der Waals surface area (Å²) in [7, 11) is 3.25. The molecule has 1 heterocycles. The number of ether oxygens (including phenoxy) is 2. The smallest absolute Gasteiger partial charge is 0.127 e. The largest absolute Gasteiger partial charge is 0.497 e. The first-order valence-corrected chi connectivity index (χ1v) is 5.74. The first-order valence-electron chi connectivity index (χ1n) is 5.74. The predicted molar refractivity (Wildman–Crippen MR) is 68.9 cm³/mol. The molecule has 1 aromatic heterocycles. The van der Waals surface area contributed by atoms with Crippen molar-refractivity contribution in [1.29, 1.82) is 0 Å². The van der Waals surface area contributed by atoms with Crippen molar-refractivity contribution < 1.29 is 13.9 Å². The molecule has 2 N–H and O–H groups in total. The maximum absolute atomic E-state index is 6.17. The second kappa shape index (κ2) is 5.60. The summed E-state index contributed by atoms with van der Waals surface area (Å²) in [5, 5.41) is 0. The molecule has 0 aliphatic carbocycles. The minimum atomic E-state index is -0.169. The van der Waals surface area contributed by atoms with Crippen LogP contribution in [0.4, 0.5) is 0 Å². The molecule has 1 aromatic carbocycles. The van der Waals surface area contributed by atoms with Crippen molar-refractivity contribution in [3.63, 3.8) is 0 Å². The van der Waals surface area contributed by atoms with Crippen LogP contribution < -0.4 is 15.2 Å². The molecule has 18 heavy (non-hydrogen) atoms. The van der Waals surface area contributed by atoms with Crippen LogP contribution in [0.3, 0.4) is 0 Å². The number of hydrogen-bond acceptors (Lipinski definition) is 4. The van der Waals surface area contributed by atoms with E-state index in [4.69, 9.17) is 19.6 Å². The Hall–Kier alpha value is -1.94. The summed E-state index contributed by atoms with van der Waals surface area (Å²) in [6, 6.07) is 9.23. The van der Waals surface area contributed by atoms with Crippen molar-refractivity contribution in [3.8, 4) is 11.5 Å². The van der Waals surface area contributed by atoms with Gasteiger partial charge in [0.25, 0.3) is 0 Å². The lowest BCUT2D eigenvalue weighted by atomic mass is 10.0. The van der Waals surface area contributed by atoms with Gasteiger partial charge in [-0.05, 0) is 18.2 Å². The molecular formula is C14H17NO3. The first-order chi connectivity index (χ1) is 8.74. The number of rotatable bonds is 5. The number of furan rings is 1. The van der Waals surface area contributed by atoms with Gasteiger partial charge < -0.3 is 19.6 Å². The summed E-state index contributed by atoms with van der Waals surface area (Å²) < 4.78 is 15.8. The van der Waals surface area contributed by atoms with Gasteiger partial charge in [-0.25, -0.2) is 0 Å². The maximum Gasteiger partial charge on any atom is 0.127 e. The van der Waals surface area contributed by atoms with Gasteiger partial charge in [-0.2, -0.15) is 0 Å². The van der Waals surface area contributed by atoms with E-state index in [1.165, 1.54) is 0 Å². The lowest BCUT2D eigenvalue weighted by Gasteiger charge is -2.15. The summed E-state index contributed by atoms with van der Waals surface area (Å²) in [5.41, 5.74) is 7.11. The lowest BCUT2D eigenvalue weighted by molar-refractivity contribution is 0.387. The van der Waals surface area contributed by atoms with Crippen LogP contribution >= 0.6 is 0 Å². The van der Waals surface area contributed by atoms with Gasteiger partial charge in [-0.15, -0.1) is 0 Å². The van der Waals surface area contributed by atoms with E-state index >= 15 is 0 Å². The number of methoxy groups -OCH3 is 2. The van der Waals surface area contributed by atoms with Crippen molar-refractivity contribution in [3.05, 3.63) is 47.9 Å². The highest BCUT2D eigenvalue weighted by atomic mass is 16.5. The molecule has 0 radical (unpaired) electrons. The average Bonchev–Trinajstić information content (AvgIpc) is 2.90. The molecule has 2 aromatic rings. The molecule has 0 spiro atoms. The van der Waals surface area contributed by atoms with Crippen molar-refractivity contribution >= 4 is 0 Å². The van der Waals surface area contributed by atoms with Gasteiger partial charge in [0.2, 0.25) is 0 Å². The third kappa shape index (κ3) is 2.65. The molecule has 1 unspecified atom stereocenters. The fraction of sp³-hybridized carbons (Fsp3) is 0.286. The zero-order chi connectivity index (χ0) is 13.0. The van der Waals surface area contributed by atoms with E-state index in [-0.39, 0.29) is 6.04 Å². The molecule has 2 rings (SSSR count). The van der Waals surface area contributed by atoms with Crippen LogP contribution in [0.2, 0.25) is 0 Å². The molecule has 0 saturated carbocycles. The van der Waals surface area contributed by atoms with Gasteiger partial charge in [0.1, 0.15) is 17.3 Å². The van der Waals surface area contributed by atoms with E-state index < -0.39 is 0 Å². The lowest BCUT2D eigenvalue weighted by Crippen LogP contribution is -2.14. The summed E-state index contributed by atoms with van der Waals surface area (Å²) >= 11 is 0. The second-order valence-electron chi connectivity index (χ2n) is 4.00. The van der Waals surface area contributed by atoms with E-state index in [0.717, 1.165) is 22.8 Å². The van der Waals surface area contributed by atoms with Gasteiger partial charge in [-0.1, -0.05) is 6.07 Å². The average molecular weight is 247 g/mol. The molecule has 0 amide bonds. The SMILES string of the molecule is COc1ccc(C(N)Cc2ccco2)c(OC)c1. The first kappa shape index (κ1) is 12.5. The van der Waals surface area contributed by atoms with Gasteiger partial charge in [0, 0.05) is 24.1 Å². The van der Waals surface area contributed by atoms with E-state index in [1.54, 1.807) is 20.5 Å². The zero-order valence-electron chi connectivity index (χ0n) is 10.6. The fourth-order valence-corrected chi connectivity index (χ4v) is 1.88. The number of hydrogen-bond donors (Lipinski definition) is 1. The topological polar surface area (TPSA) is 57.6 Å². The monoisotopic (exact) mass is 247 g/mol. The predicted octanol–water partition coefficient (Wildman–Crippen LogP) is 2.54. The highest BCUT2D eigenvalue weighted by Gasteiger charge is 2.14. The Morgan fingerprint density at radius 1 is 1.22 bits per heavy atom. The van der Waals surface area contributed by atoms with E-state index in [0.29, 0.717) is 6.42 Å². The molecular weight excluding hydrogens is 230 g/mol. The number of nitrogens with two attached hydrogens (primary N) is 1. The second-order valence-corrected chi connectivity index (χ2v) is 4.00. The number of benzene rings is 1. The molecule has 4 heteroatoms. The highest BCUT2D eigenvalue weighted by Crippen LogP contribution is 2.30. The summed E-state index contributed by atoms with van der Waals surface area (Å²) in [6.45, 7) is 0. The standard InChI is InChI=1S/C14H17NO3/c1-16-10-5-6-12(14(9-10)17-2)13(15)8-11-4-3-7-18-11/h3-7,9,13H,8,15H2,1-2H3. The molecule has 0 aliphatic rings. The van der Waals surface area contributed by atoms with Crippen LogP contribution in [0.25, 0.3) is 0 Å². The Balaban J connectivity index is 2.21. The molecule has 0 saturated heterocycles. The normalized spacial score (nSPS) is 12.2. The van der Waals surface area contributed by atoms with Crippen molar-refractivity contribution in [2.75, 3.05) is 14.2 Å². The fourth-order valence-electron chi connectivity index (χ4n) is 1.88. The summed E-state index contributed by atoms with van der Waals surface area (Å²) in [5.74, 6) is 2.34. The van der Waals surface area contributed by atoms with Crippen molar-refractivity contribution in [1.82, 2.24) is 0 Å². The Labute approximate surface area is 106 Å². The van der Waals surface area contributed by atoms with Crippen LogP contribution in [0.1, 0.15) is 17.4 Å². The van der Waals surface area contributed by atoms with Crippen LogP contribution in [0, 0.1) is 0 Å². The molecule has 96 valence electrons. The summed E-state index contributed by atoms with van der Waals surface area (Å²) in [4.78, 5) is 0. The maximum atomic E-state index is 6.17. The Bertz CT molecular complexity index is 494. The van der Waals surface area contributed by atoms with Crippen LogP contribution in [0.5, 0.6) is 11.5 Å². The Morgan fingerprint density at radius 3 is 2.67 bits per heavy atom. The van der Waals surface area contributed by atoms with Gasteiger partial charge in [0.05, 0.1) is 20.5 Å². The Morgan fingerprint density at radius 2 is 2.06 bits per heavy atom. The van der Waals surface area contributed by atoms with Crippen molar-refractivity contribution in [2.45, 2.75) is 12.5 Å². The molecule has 1 atom stereocenters. The zero-order valence-corrected chi connectivity index (χ0v) is 10.6. The molecule has 0 bridgehead atoms. The van der Waals surface area contributed by atoms with Crippen LogP contribution in [-0.4, -0.2) is 14.2 Å². The van der Waals surface area contributed by atoms with Crippen LogP contribution in [-0.2, 0) is 6.42 Å². The third-order valence-corrected chi connectivity index (χ3v) is 2.84. The van der Waals surface area contributed by atoms with Crippen molar-refractivity contribution in [2.24, 2.45) is 5.73 Å². The quantitative estimate of drug-likeness (QED) is 0.882. The van der Waals surface area contributed by atoms with Gasteiger partial charge >= 0.3 is 0 Å².